The van der Waals surface area contributed by atoms with Crippen molar-refractivity contribution in [2.24, 2.45) is 0 Å². The third kappa shape index (κ3) is 12.3. The maximum Gasteiger partial charge on any atom is 0.168 e. The third-order valence-corrected chi connectivity index (χ3v) is 4.76. The van der Waals surface area contributed by atoms with Crippen LogP contribution < -0.4 is 10.4 Å². The smallest absolute Gasteiger partial charge is 0.168 e. The van der Waals surface area contributed by atoms with Gasteiger partial charge in [0.2, 0.25) is 0 Å². The average Bonchev–Trinajstić information content (AvgIpc) is 2.68. The van der Waals surface area contributed by atoms with Gasteiger partial charge >= 0.3 is 0 Å². The fourth-order valence-corrected chi connectivity index (χ4v) is 3.12. The Hall–Kier alpha value is -2.10. The number of allylic oxidation sites excluding steroid dienone is 2. The van der Waals surface area contributed by atoms with Crippen molar-refractivity contribution in [2.75, 3.05) is 11.9 Å². The lowest BCUT2D eigenvalue weighted by Gasteiger charge is -2.08. The number of carboxylic acids is 1. The standard InChI is InChI=1S/C24H37NO3/c1-2-3-4-5-6-7-8-9-10-11-12-13-14-18-25-22-17-15-16-21(19-22)23(26)20-24(27)28/h11-12,15-17,19,25H,2-10,13-14,18,20H2,1H3,(H,27,28)/p-1/b12-11+. The van der Waals surface area contributed by atoms with Gasteiger partial charge in [-0.3, -0.25) is 4.79 Å². The number of carbonyl (C=O) groups is 2. The SMILES string of the molecule is CCCCCCCCCC/C=C/CCCNc1cccc(C(=O)CC(=O)[O-])c1. The molecule has 0 saturated carbocycles. The van der Waals surface area contributed by atoms with Crippen LogP contribution in [0, 0.1) is 0 Å². The van der Waals surface area contributed by atoms with E-state index in [2.05, 4.69) is 24.4 Å². The summed E-state index contributed by atoms with van der Waals surface area (Å²) in [5, 5.41) is 13.8. The zero-order chi connectivity index (χ0) is 20.5. The Bertz CT molecular complexity index is 595. The van der Waals surface area contributed by atoms with Gasteiger partial charge in [0, 0.05) is 23.8 Å². The third-order valence-electron chi connectivity index (χ3n) is 4.76. The monoisotopic (exact) mass is 386 g/mol. The van der Waals surface area contributed by atoms with E-state index in [1.807, 2.05) is 6.07 Å². The second kappa shape index (κ2) is 15.9. The van der Waals surface area contributed by atoms with E-state index in [0.717, 1.165) is 25.1 Å². The van der Waals surface area contributed by atoms with Gasteiger partial charge in [-0.2, -0.15) is 0 Å². The van der Waals surface area contributed by atoms with Crippen molar-refractivity contribution in [2.45, 2.75) is 84.0 Å². The Kier molecular flexibility index (Phi) is 13.6. The number of nitrogens with one attached hydrogen (secondary N) is 1. The van der Waals surface area contributed by atoms with E-state index >= 15 is 0 Å². The highest BCUT2D eigenvalue weighted by Gasteiger charge is 2.06. The molecule has 1 N–H and O–H groups in total. The van der Waals surface area contributed by atoms with Crippen LogP contribution in [0.25, 0.3) is 0 Å². The van der Waals surface area contributed by atoms with E-state index in [9.17, 15) is 14.7 Å². The molecular formula is C24H36NO3-. The van der Waals surface area contributed by atoms with Gasteiger partial charge in [0.25, 0.3) is 0 Å². The van der Waals surface area contributed by atoms with Gasteiger partial charge in [-0.15, -0.1) is 0 Å². The van der Waals surface area contributed by atoms with Crippen molar-refractivity contribution in [3.8, 4) is 0 Å². The molecule has 0 aromatic heterocycles. The fraction of sp³-hybridized carbons (Fsp3) is 0.583. The minimum atomic E-state index is -1.35. The second-order valence-electron chi connectivity index (χ2n) is 7.36. The van der Waals surface area contributed by atoms with E-state index < -0.39 is 18.2 Å². The second-order valence-corrected chi connectivity index (χ2v) is 7.36. The first-order chi connectivity index (χ1) is 13.6. The minimum Gasteiger partial charge on any atom is -0.550 e. The molecule has 1 rings (SSSR count). The number of hydrogen-bond donors (Lipinski definition) is 1. The largest absolute Gasteiger partial charge is 0.550 e. The Morgan fingerprint density at radius 3 is 2.25 bits per heavy atom. The molecule has 1 aromatic carbocycles. The summed E-state index contributed by atoms with van der Waals surface area (Å²) in [6.07, 6.45) is 18.0. The van der Waals surface area contributed by atoms with Gasteiger partial charge in [-0.25, -0.2) is 0 Å². The van der Waals surface area contributed by atoms with Crippen molar-refractivity contribution in [1.29, 1.82) is 0 Å². The molecule has 0 bridgehead atoms. The summed E-state index contributed by atoms with van der Waals surface area (Å²) in [7, 11) is 0. The molecular weight excluding hydrogens is 350 g/mol. The van der Waals surface area contributed by atoms with Crippen LogP contribution in [0.5, 0.6) is 0 Å². The fourth-order valence-electron chi connectivity index (χ4n) is 3.12. The van der Waals surface area contributed by atoms with Gasteiger partial charge in [0.15, 0.2) is 5.78 Å². The summed E-state index contributed by atoms with van der Waals surface area (Å²) in [5.74, 6) is -1.77. The first kappa shape index (κ1) is 23.9. The number of anilines is 1. The van der Waals surface area contributed by atoms with Crippen molar-refractivity contribution >= 4 is 17.4 Å². The number of carbonyl (C=O) groups excluding carboxylic acids is 2. The van der Waals surface area contributed by atoms with Gasteiger partial charge in [-0.05, 0) is 37.8 Å². The number of rotatable bonds is 17. The summed E-state index contributed by atoms with van der Waals surface area (Å²) in [4.78, 5) is 22.3. The molecule has 4 nitrogen and oxygen atoms in total. The molecule has 0 aliphatic rings. The lowest BCUT2D eigenvalue weighted by molar-refractivity contribution is -0.304. The van der Waals surface area contributed by atoms with Crippen LogP contribution in [-0.2, 0) is 4.79 Å². The van der Waals surface area contributed by atoms with Crippen LogP contribution in [0.3, 0.4) is 0 Å². The number of Topliss-reactive ketones (excluding diaryl/α,β-unsaturated/α-hetero) is 1. The number of unbranched alkanes of at least 4 members (excludes halogenated alkanes) is 9. The van der Waals surface area contributed by atoms with Crippen LogP contribution in [0.4, 0.5) is 5.69 Å². The molecule has 0 saturated heterocycles. The molecule has 0 aliphatic heterocycles. The highest BCUT2D eigenvalue weighted by molar-refractivity contribution is 6.05. The number of ketones is 1. The van der Waals surface area contributed by atoms with Crippen molar-refractivity contribution in [3.05, 3.63) is 42.0 Å². The average molecular weight is 387 g/mol. The molecule has 0 radical (unpaired) electrons. The number of benzene rings is 1. The zero-order valence-electron chi connectivity index (χ0n) is 17.4. The molecule has 0 unspecified atom stereocenters. The molecule has 0 amide bonds. The highest BCUT2D eigenvalue weighted by Crippen LogP contribution is 2.13. The molecule has 0 atom stereocenters. The van der Waals surface area contributed by atoms with Crippen LogP contribution >= 0.6 is 0 Å². The van der Waals surface area contributed by atoms with E-state index in [-0.39, 0.29) is 0 Å². The van der Waals surface area contributed by atoms with Crippen molar-refractivity contribution in [1.82, 2.24) is 0 Å². The van der Waals surface area contributed by atoms with Crippen molar-refractivity contribution < 1.29 is 14.7 Å². The molecule has 28 heavy (non-hydrogen) atoms. The van der Waals surface area contributed by atoms with Crippen LogP contribution in [-0.4, -0.2) is 18.3 Å². The molecule has 156 valence electrons. The highest BCUT2D eigenvalue weighted by atomic mass is 16.4. The molecule has 0 fully saturated rings. The van der Waals surface area contributed by atoms with Crippen molar-refractivity contribution in [3.63, 3.8) is 0 Å². The van der Waals surface area contributed by atoms with E-state index in [1.165, 1.54) is 57.8 Å². The zero-order valence-corrected chi connectivity index (χ0v) is 17.4. The number of hydrogen-bond acceptors (Lipinski definition) is 4. The molecule has 0 spiro atoms. The normalized spacial score (nSPS) is 11.0. The van der Waals surface area contributed by atoms with Gasteiger partial charge in [-0.1, -0.05) is 76.2 Å². The number of aliphatic carboxylic acids is 1. The summed E-state index contributed by atoms with van der Waals surface area (Å²) in [6.45, 7) is 3.07. The Labute approximate surface area is 170 Å². The predicted molar refractivity (Wildman–Crippen MR) is 114 cm³/mol. The summed E-state index contributed by atoms with van der Waals surface area (Å²) in [5.41, 5.74) is 1.24. The predicted octanol–water partition coefficient (Wildman–Crippen LogP) is 5.29. The summed E-state index contributed by atoms with van der Waals surface area (Å²) < 4.78 is 0. The van der Waals surface area contributed by atoms with Gasteiger partial charge < -0.3 is 15.2 Å². The Morgan fingerprint density at radius 1 is 0.929 bits per heavy atom. The number of carboxylic acid groups (broad SMARTS) is 1. The van der Waals surface area contributed by atoms with Gasteiger partial charge in [0.1, 0.15) is 0 Å². The first-order valence-corrected chi connectivity index (χ1v) is 10.9. The van der Waals surface area contributed by atoms with Gasteiger partial charge in [0.05, 0.1) is 6.42 Å². The lowest BCUT2D eigenvalue weighted by atomic mass is 10.1. The van der Waals surface area contributed by atoms with Crippen LogP contribution in [0.1, 0.15) is 94.3 Å². The van der Waals surface area contributed by atoms with Crippen LogP contribution in [0.2, 0.25) is 0 Å². The lowest BCUT2D eigenvalue weighted by Crippen LogP contribution is -2.25. The van der Waals surface area contributed by atoms with E-state index in [0.29, 0.717) is 5.56 Å². The molecule has 0 aliphatic carbocycles. The minimum absolute atomic E-state index is 0.402. The molecule has 4 heteroatoms. The topological polar surface area (TPSA) is 69.2 Å². The molecule has 1 aromatic rings. The summed E-state index contributed by atoms with van der Waals surface area (Å²) in [6, 6.07) is 6.97. The quantitative estimate of drug-likeness (QED) is 0.171. The Balaban J connectivity index is 2.06. The maximum atomic E-state index is 11.8. The molecule has 0 heterocycles. The first-order valence-electron chi connectivity index (χ1n) is 10.9. The maximum absolute atomic E-state index is 11.8. The Morgan fingerprint density at radius 2 is 1.57 bits per heavy atom. The van der Waals surface area contributed by atoms with E-state index in [1.54, 1.807) is 18.2 Å². The van der Waals surface area contributed by atoms with E-state index in [4.69, 9.17) is 0 Å². The summed E-state index contributed by atoms with van der Waals surface area (Å²) >= 11 is 0. The van der Waals surface area contributed by atoms with Crippen LogP contribution in [0.15, 0.2) is 36.4 Å².